The molecule has 5 nitrogen and oxygen atoms in total. The van der Waals surface area contributed by atoms with E-state index in [-0.39, 0.29) is 6.10 Å². The fraction of sp³-hybridized carbons (Fsp3) is 0.462. The summed E-state index contributed by atoms with van der Waals surface area (Å²) in [4.78, 5) is 0. The molecule has 1 aromatic carbocycles. The molecule has 2 aromatic rings. The number of halogens is 2. The lowest BCUT2D eigenvalue weighted by molar-refractivity contribution is 0.0912. The topological polar surface area (TPSA) is 52.8 Å². The normalized spacial score (nSPS) is 18.3. The van der Waals surface area contributed by atoms with Crippen LogP contribution in [0.25, 0.3) is 0 Å². The van der Waals surface area contributed by atoms with Crippen LogP contribution in [0.5, 0.6) is 0 Å². The molecule has 8 heteroatoms. The first-order valence-electron chi connectivity index (χ1n) is 6.67. The van der Waals surface area contributed by atoms with Crippen molar-refractivity contribution in [2.45, 2.75) is 36.4 Å². The highest BCUT2D eigenvalue weighted by Crippen LogP contribution is 2.30. The molecule has 1 aromatic heterocycles. The maximum Gasteiger partial charge on any atom is 0.209 e. The molecule has 3 rings (SSSR count). The van der Waals surface area contributed by atoms with Gasteiger partial charge in [-0.3, -0.25) is 0 Å². The van der Waals surface area contributed by atoms with Crippen LogP contribution < -0.4 is 0 Å². The summed E-state index contributed by atoms with van der Waals surface area (Å²) in [5, 5.41) is 13.9. The first-order valence-corrected chi connectivity index (χ1v) is 8.41. The van der Waals surface area contributed by atoms with Gasteiger partial charge in [-0.15, -0.1) is 5.10 Å². The lowest BCUT2D eigenvalue weighted by Gasteiger charge is -2.10. The highest BCUT2D eigenvalue weighted by atomic mass is 35.5. The van der Waals surface area contributed by atoms with Gasteiger partial charge in [0.25, 0.3) is 0 Å². The molecule has 0 amide bonds. The van der Waals surface area contributed by atoms with Crippen LogP contribution in [0.3, 0.4) is 0 Å². The average Bonchev–Trinajstić information content (AvgIpc) is 3.11. The van der Waals surface area contributed by atoms with Crippen LogP contribution >= 0.6 is 35.0 Å². The predicted molar refractivity (Wildman–Crippen MR) is 82.8 cm³/mol. The summed E-state index contributed by atoms with van der Waals surface area (Å²) in [6.07, 6.45) is 2.36. The van der Waals surface area contributed by atoms with Crippen LogP contribution in [0.2, 0.25) is 10.0 Å². The predicted octanol–water partition coefficient (Wildman–Crippen LogP) is 3.45. The van der Waals surface area contributed by atoms with Gasteiger partial charge in [-0.05, 0) is 41.0 Å². The van der Waals surface area contributed by atoms with Gasteiger partial charge in [0, 0.05) is 22.4 Å². The van der Waals surface area contributed by atoms with Crippen molar-refractivity contribution in [1.82, 2.24) is 20.2 Å². The Hall–Kier alpha value is -0.820. The highest BCUT2D eigenvalue weighted by Gasteiger charge is 2.19. The van der Waals surface area contributed by atoms with E-state index in [1.165, 1.54) is 11.8 Å². The highest BCUT2D eigenvalue weighted by molar-refractivity contribution is 7.98. The van der Waals surface area contributed by atoms with Crippen LogP contribution in [-0.2, 0) is 17.0 Å². The van der Waals surface area contributed by atoms with E-state index in [1.54, 1.807) is 4.68 Å². The maximum atomic E-state index is 6.17. The zero-order chi connectivity index (χ0) is 14.7. The third kappa shape index (κ3) is 3.69. The molecule has 21 heavy (non-hydrogen) atoms. The molecule has 0 saturated carbocycles. The van der Waals surface area contributed by atoms with E-state index < -0.39 is 0 Å². The van der Waals surface area contributed by atoms with Crippen molar-refractivity contribution in [1.29, 1.82) is 0 Å². The summed E-state index contributed by atoms with van der Waals surface area (Å²) in [5.74, 6) is 0.629. The summed E-state index contributed by atoms with van der Waals surface area (Å²) in [6, 6.07) is 5.50. The molecule has 0 N–H and O–H groups in total. The lowest BCUT2D eigenvalue weighted by Crippen LogP contribution is -2.16. The molecule has 1 unspecified atom stereocenters. The van der Waals surface area contributed by atoms with Crippen LogP contribution in [-0.4, -0.2) is 32.9 Å². The molecular weight excluding hydrogens is 331 g/mol. The Kier molecular flexibility index (Phi) is 5.00. The van der Waals surface area contributed by atoms with Gasteiger partial charge < -0.3 is 4.74 Å². The summed E-state index contributed by atoms with van der Waals surface area (Å²) in [6.45, 7) is 1.51. The van der Waals surface area contributed by atoms with Crippen molar-refractivity contribution < 1.29 is 4.74 Å². The van der Waals surface area contributed by atoms with Crippen molar-refractivity contribution in [3.63, 3.8) is 0 Å². The first-order chi connectivity index (χ1) is 10.2. The largest absolute Gasteiger partial charge is 0.376 e. The summed E-state index contributed by atoms with van der Waals surface area (Å²) in [5.41, 5.74) is 0.900. The summed E-state index contributed by atoms with van der Waals surface area (Å²) in [7, 11) is 0. The quantitative estimate of drug-likeness (QED) is 0.777. The van der Waals surface area contributed by atoms with Crippen LogP contribution in [0.4, 0.5) is 0 Å². The van der Waals surface area contributed by atoms with Crippen molar-refractivity contribution in [3.05, 3.63) is 33.8 Å². The van der Waals surface area contributed by atoms with Crippen LogP contribution in [0, 0.1) is 0 Å². The van der Waals surface area contributed by atoms with E-state index in [0.29, 0.717) is 22.3 Å². The van der Waals surface area contributed by atoms with Crippen LogP contribution in [0.15, 0.2) is 23.4 Å². The third-order valence-corrected chi connectivity index (χ3v) is 5.00. The monoisotopic (exact) mass is 344 g/mol. The van der Waals surface area contributed by atoms with Gasteiger partial charge in [0.05, 0.1) is 12.6 Å². The average molecular weight is 345 g/mol. The molecule has 1 saturated heterocycles. The molecule has 0 bridgehead atoms. The molecule has 2 heterocycles. The van der Waals surface area contributed by atoms with Crippen molar-refractivity contribution in [3.8, 4) is 0 Å². The number of rotatable bonds is 5. The molecule has 0 spiro atoms. The van der Waals surface area contributed by atoms with Gasteiger partial charge in [-0.25, -0.2) is 4.68 Å². The number of tetrazole rings is 1. The Morgan fingerprint density at radius 3 is 2.86 bits per heavy atom. The van der Waals surface area contributed by atoms with Crippen LogP contribution in [0.1, 0.15) is 18.4 Å². The van der Waals surface area contributed by atoms with Gasteiger partial charge in [-0.2, -0.15) is 0 Å². The number of hydrogen-bond acceptors (Lipinski definition) is 5. The van der Waals surface area contributed by atoms with E-state index in [1.807, 2.05) is 18.2 Å². The molecule has 0 aliphatic carbocycles. The Balaban J connectivity index is 1.67. The zero-order valence-electron chi connectivity index (χ0n) is 11.2. The van der Waals surface area contributed by atoms with Gasteiger partial charge in [0.15, 0.2) is 0 Å². The number of benzene rings is 1. The Bertz CT molecular complexity index is 596. The van der Waals surface area contributed by atoms with Gasteiger partial charge in [0.1, 0.15) is 0 Å². The maximum absolute atomic E-state index is 6.17. The van der Waals surface area contributed by atoms with E-state index >= 15 is 0 Å². The SMILES string of the molecule is Clc1cccc(Cl)c1CSc1nnnn1CC1CCCO1. The fourth-order valence-electron chi connectivity index (χ4n) is 2.20. The number of hydrogen-bond donors (Lipinski definition) is 0. The number of ether oxygens (including phenoxy) is 1. The minimum Gasteiger partial charge on any atom is -0.376 e. The van der Waals surface area contributed by atoms with Crippen molar-refractivity contribution in [2.24, 2.45) is 0 Å². The molecule has 1 aliphatic rings. The second-order valence-electron chi connectivity index (χ2n) is 4.77. The summed E-state index contributed by atoms with van der Waals surface area (Å²) >= 11 is 13.9. The summed E-state index contributed by atoms with van der Waals surface area (Å²) < 4.78 is 7.40. The molecule has 1 aliphatic heterocycles. The number of thioether (sulfide) groups is 1. The second-order valence-corrected chi connectivity index (χ2v) is 6.52. The van der Waals surface area contributed by atoms with Gasteiger partial charge in [0.2, 0.25) is 5.16 Å². The van der Waals surface area contributed by atoms with Gasteiger partial charge >= 0.3 is 0 Å². The minimum atomic E-state index is 0.205. The second kappa shape index (κ2) is 6.96. The lowest BCUT2D eigenvalue weighted by atomic mass is 10.2. The molecular formula is C13H14Cl2N4OS. The number of aromatic nitrogens is 4. The van der Waals surface area contributed by atoms with Crippen molar-refractivity contribution >= 4 is 35.0 Å². The molecule has 1 fully saturated rings. The molecule has 1 atom stereocenters. The van der Waals surface area contributed by atoms with E-state index in [4.69, 9.17) is 27.9 Å². The Labute approximate surface area is 136 Å². The zero-order valence-corrected chi connectivity index (χ0v) is 13.5. The molecule has 0 radical (unpaired) electrons. The minimum absolute atomic E-state index is 0.205. The fourth-order valence-corrected chi connectivity index (χ4v) is 3.83. The standard InChI is InChI=1S/C13H14Cl2N4OS/c14-11-4-1-5-12(15)10(11)8-21-13-16-17-18-19(13)7-9-3-2-6-20-9/h1,4-5,9H,2-3,6-8H2. The molecule has 112 valence electrons. The van der Waals surface area contributed by atoms with Crippen molar-refractivity contribution in [2.75, 3.05) is 6.61 Å². The van der Waals surface area contributed by atoms with E-state index in [0.717, 1.165) is 30.2 Å². The van der Waals surface area contributed by atoms with Gasteiger partial charge in [-0.1, -0.05) is 41.0 Å². The Morgan fingerprint density at radius 1 is 1.33 bits per heavy atom. The van der Waals surface area contributed by atoms with E-state index in [9.17, 15) is 0 Å². The smallest absolute Gasteiger partial charge is 0.209 e. The van der Waals surface area contributed by atoms with E-state index in [2.05, 4.69) is 15.5 Å². The third-order valence-electron chi connectivity index (χ3n) is 3.31. The first kappa shape index (κ1) is 15.1. The number of nitrogens with zero attached hydrogens (tertiary/aromatic N) is 4. The Morgan fingerprint density at radius 2 is 2.14 bits per heavy atom.